The molecule has 0 radical (unpaired) electrons. The van der Waals surface area contributed by atoms with Crippen LogP contribution in [-0.2, 0) is 15.4 Å². The number of carbonyl (C=O) groups is 1. The van der Waals surface area contributed by atoms with E-state index in [9.17, 15) is 13.2 Å². The summed E-state index contributed by atoms with van der Waals surface area (Å²) in [6, 6.07) is 22.7. The first-order valence-corrected chi connectivity index (χ1v) is 14.6. The SMILES string of the molecule is Cc1cc(NC(=O)c2ccc(S(=O)(=O)N(C)c3ccccc3)cc2)n(-c2nc3ccc(C(C)(C)C)cc3s2)n1. The lowest BCUT2D eigenvalue weighted by Crippen LogP contribution is -2.26. The van der Waals surface area contributed by atoms with Gasteiger partial charge in [-0.05, 0) is 66.4 Å². The molecule has 0 fully saturated rings. The molecule has 0 spiro atoms. The standard InChI is InChI=1S/C29H29N5O3S2/c1-19-17-26(34(32-19)28-30-24-16-13-21(29(2,3)4)18-25(24)38-28)31-27(35)20-11-14-23(15-12-20)39(36,37)33(5)22-9-7-6-8-10-22/h6-18H,1-5H3,(H,31,35). The third kappa shape index (κ3) is 5.30. The third-order valence-electron chi connectivity index (χ3n) is 6.39. The predicted molar refractivity (Wildman–Crippen MR) is 157 cm³/mol. The van der Waals surface area contributed by atoms with E-state index in [1.807, 2.05) is 19.1 Å². The predicted octanol–water partition coefficient (Wildman–Crippen LogP) is 6.17. The van der Waals surface area contributed by atoms with Gasteiger partial charge in [0, 0.05) is 18.7 Å². The molecule has 2 heterocycles. The highest BCUT2D eigenvalue weighted by Crippen LogP contribution is 2.32. The van der Waals surface area contributed by atoms with Gasteiger partial charge in [0.15, 0.2) is 0 Å². The smallest absolute Gasteiger partial charge is 0.264 e. The van der Waals surface area contributed by atoms with Crippen LogP contribution in [0.25, 0.3) is 15.3 Å². The molecule has 5 rings (SSSR count). The molecule has 39 heavy (non-hydrogen) atoms. The number of nitrogens with zero attached hydrogens (tertiary/aromatic N) is 4. The number of amides is 1. The number of hydrogen-bond acceptors (Lipinski definition) is 6. The molecule has 0 aliphatic rings. The molecular weight excluding hydrogens is 530 g/mol. The minimum absolute atomic E-state index is 0.0195. The zero-order valence-corrected chi connectivity index (χ0v) is 24.0. The van der Waals surface area contributed by atoms with E-state index >= 15 is 0 Å². The van der Waals surface area contributed by atoms with E-state index < -0.39 is 10.0 Å². The number of aryl methyl sites for hydroxylation is 1. The van der Waals surface area contributed by atoms with Crippen LogP contribution in [0.15, 0.2) is 83.8 Å². The molecule has 0 aliphatic heterocycles. The summed E-state index contributed by atoms with van der Waals surface area (Å²) in [5.41, 5.74) is 3.70. The van der Waals surface area contributed by atoms with E-state index in [0.29, 0.717) is 22.2 Å². The fraction of sp³-hybridized carbons (Fsp3) is 0.207. The van der Waals surface area contributed by atoms with Gasteiger partial charge in [-0.15, -0.1) is 0 Å². The highest BCUT2D eigenvalue weighted by atomic mass is 32.2. The van der Waals surface area contributed by atoms with Crippen LogP contribution in [0.1, 0.15) is 42.4 Å². The number of thiazole rings is 1. The molecule has 0 atom stereocenters. The maximum Gasteiger partial charge on any atom is 0.264 e. The van der Waals surface area contributed by atoms with Gasteiger partial charge in [0.2, 0.25) is 5.13 Å². The second-order valence-corrected chi connectivity index (χ2v) is 13.3. The molecule has 0 saturated heterocycles. The van der Waals surface area contributed by atoms with Crippen LogP contribution in [0.3, 0.4) is 0 Å². The third-order valence-corrected chi connectivity index (χ3v) is 9.19. The summed E-state index contributed by atoms with van der Waals surface area (Å²) < 4.78 is 30.0. The second kappa shape index (κ2) is 9.94. The summed E-state index contributed by atoms with van der Waals surface area (Å²) in [5.74, 6) is 0.0979. The lowest BCUT2D eigenvalue weighted by Gasteiger charge is -2.19. The van der Waals surface area contributed by atoms with Gasteiger partial charge < -0.3 is 5.32 Å². The lowest BCUT2D eigenvalue weighted by molar-refractivity contribution is 0.102. The number of anilines is 2. The van der Waals surface area contributed by atoms with Crippen molar-refractivity contribution in [2.45, 2.75) is 38.0 Å². The molecule has 8 nitrogen and oxygen atoms in total. The maximum atomic E-state index is 13.1. The van der Waals surface area contributed by atoms with Crippen LogP contribution in [0.2, 0.25) is 0 Å². The van der Waals surface area contributed by atoms with E-state index in [1.165, 1.54) is 52.5 Å². The maximum absolute atomic E-state index is 13.1. The zero-order valence-electron chi connectivity index (χ0n) is 22.3. The van der Waals surface area contributed by atoms with Gasteiger partial charge in [0.25, 0.3) is 15.9 Å². The van der Waals surface area contributed by atoms with Crippen molar-refractivity contribution in [3.05, 3.63) is 95.7 Å². The molecule has 0 aliphatic carbocycles. The quantitative estimate of drug-likeness (QED) is 0.269. The Morgan fingerprint density at radius 2 is 1.67 bits per heavy atom. The number of aromatic nitrogens is 3. The normalized spacial score (nSPS) is 12.0. The Labute approximate surface area is 232 Å². The molecule has 0 bridgehead atoms. The monoisotopic (exact) mass is 559 g/mol. The fourth-order valence-electron chi connectivity index (χ4n) is 4.11. The van der Waals surface area contributed by atoms with Crippen molar-refractivity contribution >= 4 is 49.0 Å². The van der Waals surface area contributed by atoms with Gasteiger partial charge in [-0.1, -0.05) is 56.4 Å². The van der Waals surface area contributed by atoms with Crippen LogP contribution in [-0.4, -0.2) is 36.1 Å². The van der Waals surface area contributed by atoms with Crippen molar-refractivity contribution in [2.24, 2.45) is 0 Å². The highest BCUT2D eigenvalue weighted by Gasteiger charge is 2.22. The van der Waals surface area contributed by atoms with Crippen LogP contribution < -0.4 is 9.62 Å². The Balaban J connectivity index is 1.38. The number of benzene rings is 3. The molecule has 200 valence electrons. The van der Waals surface area contributed by atoms with Crippen molar-refractivity contribution in [1.82, 2.24) is 14.8 Å². The number of para-hydroxylation sites is 1. The first-order chi connectivity index (χ1) is 18.4. The average Bonchev–Trinajstić information content (AvgIpc) is 3.50. The number of hydrogen-bond donors (Lipinski definition) is 1. The molecule has 5 aromatic rings. The van der Waals surface area contributed by atoms with Gasteiger partial charge >= 0.3 is 0 Å². The molecule has 1 amide bonds. The van der Waals surface area contributed by atoms with Gasteiger partial charge in [0.05, 0.1) is 26.5 Å². The van der Waals surface area contributed by atoms with Crippen LogP contribution in [0, 0.1) is 6.92 Å². The number of sulfonamides is 1. The van der Waals surface area contributed by atoms with Crippen LogP contribution >= 0.6 is 11.3 Å². The molecule has 10 heteroatoms. The first-order valence-electron chi connectivity index (χ1n) is 12.4. The lowest BCUT2D eigenvalue weighted by atomic mass is 9.87. The Morgan fingerprint density at radius 3 is 2.33 bits per heavy atom. The Kier molecular flexibility index (Phi) is 6.77. The van der Waals surface area contributed by atoms with E-state index in [4.69, 9.17) is 4.98 Å². The topological polar surface area (TPSA) is 97.2 Å². The first kappa shape index (κ1) is 26.6. The number of carbonyl (C=O) groups excluding carboxylic acids is 1. The number of fused-ring (bicyclic) bond motifs is 1. The summed E-state index contributed by atoms with van der Waals surface area (Å²) in [4.78, 5) is 18.0. The van der Waals surface area contributed by atoms with Gasteiger partial charge in [-0.3, -0.25) is 9.10 Å². The summed E-state index contributed by atoms with van der Waals surface area (Å²) in [6.07, 6.45) is 0. The molecular formula is C29H29N5O3S2. The van der Waals surface area contributed by atoms with Crippen molar-refractivity contribution < 1.29 is 13.2 Å². The van der Waals surface area contributed by atoms with E-state index in [2.05, 4.69) is 43.3 Å². The molecule has 2 aromatic heterocycles. The van der Waals surface area contributed by atoms with Gasteiger partial charge in [-0.2, -0.15) is 9.78 Å². The van der Waals surface area contributed by atoms with Crippen molar-refractivity contribution in [3.8, 4) is 5.13 Å². The van der Waals surface area contributed by atoms with E-state index in [1.54, 1.807) is 35.0 Å². The Hall–Kier alpha value is -4.02. The summed E-state index contributed by atoms with van der Waals surface area (Å²) in [7, 11) is -2.28. The van der Waals surface area contributed by atoms with Gasteiger partial charge in [-0.25, -0.2) is 13.4 Å². The van der Waals surface area contributed by atoms with Gasteiger partial charge in [0.1, 0.15) is 5.82 Å². The minimum atomic E-state index is -3.78. The highest BCUT2D eigenvalue weighted by molar-refractivity contribution is 7.92. The fourth-order valence-corrected chi connectivity index (χ4v) is 6.27. The van der Waals surface area contributed by atoms with Crippen molar-refractivity contribution in [2.75, 3.05) is 16.7 Å². The molecule has 0 saturated carbocycles. The van der Waals surface area contributed by atoms with Crippen molar-refractivity contribution in [3.63, 3.8) is 0 Å². The number of rotatable bonds is 6. The summed E-state index contributed by atoms with van der Waals surface area (Å²) >= 11 is 1.50. The average molecular weight is 560 g/mol. The Bertz CT molecular complexity index is 1770. The zero-order chi connectivity index (χ0) is 27.9. The Morgan fingerprint density at radius 1 is 0.974 bits per heavy atom. The molecule has 3 aromatic carbocycles. The van der Waals surface area contributed by atoms with Crippen LogP contribution in [0.4, 0.5) is 11.5 Å². The van der Waals surface area contributed by atoms with Crippen LogP contribution in [0.5, 0.6) is 0 Å². The summed E-state index contributed by atoms with van der Waals surface area (Å²) in [6.45, 7) is 8.36. The van der Waals surface area contributed by atoms with Crippen molar-refractivity contribution in [1.29, 1.82) is 0 Å². The molecule has 1 N–H and O–H groups in total. The second-order valence-electron chi connectivity index (χ2n) is 10.3. The number of nitrogens with one attached hydrogen (secondary N) is 1. The van der Waals surface area contributed by atoms with E-state index in [0.717, 1.165) is 15.9 Å². The summed E-state index contributed by atoms with van der Waals surface area (Å²) in [5, 5.41) is 8.10. The largest absolute Gasteiger partial charge is 0.306 e. The molecule has 0 unspecified atom stereocenters. The minimum Gasteiger partial charge on any atom is -0.306 e. The van der Waals surface area contributed by atoms with E-state index in [-0.39, 0.29) is 16.2 Å².